The summed E-state index contributed by atoms with van der Waals surface area (Å²) in [5.74, 6) is -0.0908. The maximum Gasteiger partial charge on any atom is 0.343 e. The first kappa shape index (κ1) is 16.9. The molecule has 0 aliphatic carbocycles. The van der Waals surface area contributed by atoms with Crippen LogP contribution in [0.3, 0.4) is 0 Å². The number of carbonyl (C=O) groups is 2. The maximum atomic E-state index is 12.2. The molecular weight excluding hydrogens is 332 g/mol. The third kappa shape index (κ3) is 4.31. The van der Waals surface area contributed by atoms with Crippen LogP contribution in [0.5, 0.6) is 5.75 Å². The number of allylic oxidation sites excluding steroid dienone is 1. The van der Waals surface area contributed by atoms with Crippen molar-refractivity contribution in [1.29, 1.82) is 0 Å². The van der Waals surface area contributed by atoms with Gasteiger partial charge in [0.15, 0.2) is 5.78 Å². The van der Waals surface area contributed by atoms with E-state index in [1.54, 1.807) is 59.9 Å². The van der Waals surface area contributed by atoms with E-state index < -0.39 is 5.97 Å². The highest BCUT2D eigenvalue weighted by molar-refractivity contribution is 7.10. The summed E-state index contributed by atoms with van der Waals surface area (Å²) in [6, 6.07) is 17.7. The van der Waals surface area contributed by atoms with E-state index >= 15 is 0 Å². The minimum absolute atomic E-state index is 0.0924. The lowest BCUT2D eigenvalue weighted by atomic mass is 10.1. The number of ketones is 1. The molecular formula is C21H16O3S. The number of benzene rings is 2. The van der Waals surface area contributed by atoms with Gasteiger partial charge < -0.3 is 4.74 Å². The highest BCUT2D eigenvalue weighted by Crippen LogP contribution is 2.17. The fourth-order valence-electron chi connectivity index (χ4n) is 2.29. The monoisotopic (exact) mass is 348 g/mol. The van der Waals surface area contributed by atoms with Crippen LogP contribution in [0.25, 0.3) is 6.08 Å². The minimum Gasteiger partial charge on any atom is -0.423 e. The van der Waals surface area contributed by atoms with E-state index in [0.717, 1.165) is 10.4 Å². The topological polar surface area (TPSA) is 43.4 Å². The molecule has 4 heteroatoms. The molecule has 0 N–H and O–H groups in total. The van der Waals surface area contributed by atoms with Crippen molar-refractivity contribution in [2.75, 3.05) is 0 Å². The van der Waals surface area contributed by atoms with Gasteiger partial charge in [-0.05, 0) is 66.4 Å². The van der Waals surface area contributed by atoms with E-state index in [4.69, 9.17) is 4.74 Å². The lowest BCUT2D eigenvalue weighted by Crippen LogP contribution is -2.10. The molecule has 124 valence electrons. The Bertz CT molecular complexity index is 907. The number of aryl methyl sites for hydroxylation is 1. The molecule has 3 rings (SSSR count). The zero-order valence-electron chi connectivity index (χ0n) is 13.6. The van der Waals surface area contributed by atoms with E-state index in [9.17, 15) is 9.59 Å². The van der Waals surface area contributed by atoms with Crippen LogP contribution in [0.1, 0.15) is 31.2 Å². The largest absolute Gasteiger partial charge is 0.423 e. The molecule has 0 saturated heterocycles. The molecule has 0 unspecified atom stereocenters. The second-order valence-electron chi connectivity index (χ2n) is 5.44. The van der Waals surface area contributed by atoms with Crippen LogP contribution in [-0.4, -0.2) is 11.8 Å². The molecule has 25 heavy (non-hydrogen) atoms. The van der Waals surface area contributed by atoms with Crippen molar-refractivity contribution < 1.29 is 14.3 Å². The van der Waals surface area contributed by atoms with Crippen molar-refractivity contribution in [3.63, 3.8) is 0 Å². The van der Waals surface area contributed by atoms with Crippen LogP contribution in [0.15, 0.2) is 72.1 Å². The molecule has 0 bridgehead atoms. The Kier molecular flexibility index (Phi) is 5.21. The minimum atomic E-state index is -0.408. The maximum absolute atomic E-state index is 12.2. The van der Waals surface area contributed by atoms with E-state index in [1.165, 1.54) is 0 Å². The van der Waals surface area contributed by atoms with E-state index in [0.29, 0.717) is 16.9 Å². The summed E-state index contributed by atoms with van der Waals surface area (Å²) >= 11 is 1.57. The molecule has 3 nitrogen and oxygen atoms in total. The summed E-state index contributed by atoms with van der Waals surface area (Å²) in [6.45, 7) is 1.86. The first-order valence-electron chi connectivity index (χ1n) is 7.77. The van der Waals surface area contributed by atoms with Crippen LogP contribution < -0.4 is 4.74 Å². The van der Waals surface area contributed by atoms with Gasteiger partial charge in [0, 0.05) is 10.4 Å². The molecule has 1 aromatic heterocycles. The van der Waals surface area contributed by atoms with Crippen molar-refractivity contribution in [3.05, 3.63) is 93.7 Å². The summed E-state index contributed by atoms with van der Waals surface area (Å²) < 4.78 is 5.37. The Morgan fingerprint density at radius 1 is 0.960 bits per heavy atom. The van der Waals surface area contributed by atoms with Crippen LogP contribution in [0.4, 0.5) is 0 Å². The van der Waals surface area contributed by atoms with E-state index in [-0.39, 0.29) is 5.78 Å². The van der Waals surface area contributed by atoms with Crippen molar-refractivity contribution >= 4 is 29.2 Å². The van der Waals surface area contributed by atoms with Gasteiger partial charge in [0.2, 0.25) is 0 Å². The molecule has 0 radical (unpaired) electrons. The Balaban J connectivity index is 1.67. The molecule has 0 amide bonds. The number of rotatable bonds is 5. The summed E-state index contributed by atoms with van der Waals surface area (Å²) in [5, 5.41) is 1.96. The predicted molar refractivity (Wildman–Crippen MR) is 100 cm³/mol. The second-order valence-corrected chi connectivity index (χ2v) is 6.42. The number of ether oxygens (including phenoxy) is 1. The van der Waals surface area contributed by atoms with Crippen molar-refractivity contribution in [3.8, 4) is 5.75 Å². The number of hydrogen-bond acceptors (Lipinski definition) is 4. The fraction of sp³-hybridized carbons (Fsp3) is 0.0476. The van der Waals surface area contributed by atoms with Gasteiger partial charge in [-0.1, -0.05) is 24.3 Å². The number of thiophene rings is 1. The summed E-state index contributed by atoms with van der Waals surface area (Å²) in [7, 11) is 0. The van der Waals surface area contributed by atoms with Crippen molar-refractivity contribution in [2.24, 2.45) is 0 Å². The molecule has 0 saturated carbocycles. The number of carbonyl (C=O) groups excluding carboxylic acids is 2. The van der Waals surface area contributed by atoms with Crippen LogP contribution in [-0.2, 0) is 0 Å². The molecule has 0 aliphatic rings. The Morgan fingerprint density at radius 2 is 1.72 bits per heavy atom. The van der Waals surface area contributed by atoms with Crippen LogP contribution >= 0.6 is 11.3 Å². The van der Waals surface area contributed by atoms with Crippen LogP contribution in [0.2, 0.25) is 0 Å². The third-order valence-electron chi connectivity index (χ3n) is 3.66. The molecule has 1 heterocycles. The van der Waals surface area contributed by atoms with Gasteiger partial charge in [0.25, 0.3) is 0 Å². The molecule has 0 atom stereocenters. The fourth-order valence-corrected chi connectivity index (χ4v) is 2.91. The number of esters is 1. The highest BCUT2D eigenvalue weighted by Gasteiger charge is 2.11. The first-order valence-corrected chi connectivity index (χ1v) is 8.65. The van der Waals surface area contributed by atoms with Gasteiger partial charge in [-0.15, -0.1) is 11.3 Å². The first-order chi connectivity index (χ1) is 12.1. The van der Waals surface area contributed by atoms with Crippen molar-refractivity contribution in [1.82, 2.24) is 0 Å². The third-order valence-corrected chi connectivity index (χ3v) is 4.49. The highest BCUT2D eigenvalue weighted by atomic mass is 32.1. The van der Waals surface area contributed by atoms with Crippen LogP contribution in [0, 0.1) is 6.92 Å². The van der Waals surface area contributed by atoms with Gasteiger partial charge in [0.05, 0.1) is 5.56 Å². The molecule has 0 aliphatic heterocycles. The second kappa shape index (κ2) is 7.73. The lowest BCUT2D eigenvalue weighted by molar-refractivity contribution is 0.0734. The normalized spacial score (nSPS) is 10.8. The predicted octanol–water partition coefficient (Wildman–Crippen LogP) is 5.17. The van der Waals surface area contributed by atoms with Gasteiger partial charge in [-0.25, -0.2) is 4.79 Å². The van der Waals surface area contributed by atoms with Gasteiger partial charge >= 0.3 is 5.97 Å². The molecule has 3 aromatic rings. The van der Waals surface area contributed by atoms with E-state index in [1.807, 2.05) is 36.6 Å². The van der Waals surface area contributed by atoms with Crippen molar-refractivity contribution in [2.45, 2.75) is 6.92 Å². The zero-order chi connectivity index (χ0) is 17.6. The average Bonchev–Trinajstić information content (AvgIpc) is 3.14. The quantitative estimate of drug-likeness (QED) is 0.276. The summed E-state index contributed by atoms with van der Waals surface area (Å²) in [5.41, 5.74) is 1.93. The van der Waals surface area contributed by atoms with Gasteiger partial charge in [-0.2, -0.15) is 0 Å². The molecule has 2 aromatic carbocycles. The van der Waals surface area contributed by atoms with Gasteiger partial charge in [-0.3, -0.25) is 4.79 Å². The lowest BCUT2D eigenvalue weighted by Gasteiger charge is -2.07. The Labute approximate surface area is 150 Å². The summed E-state index contributed by atoms with van der Waals surface area (Å²) in [4.78, 5) is 25.4. The SMILES string of the molecule is Cc1ccccc1C(=O)Oc1ccc(C(=O)C=Cc2cccs2)cc1. The average molecular weight is 348 g/mol. The molecule has 0 spiro atoms. The zero-order valence-corrected chi connectivity index (χ0v) is 14.5. The standard InChI is InChI=1S/C21H16O3S/c1-15-5-2-3-7-19(15)21(23)24-17-10-8-16(9-11-17)20(22)13-12-18-6-4-14-25-18/h2-14H,1H3. The Hall–Kier alpha value is -2.98. The Morgan fingerprint density at radius 3 is 2.40 bits per heavy atom. The van der Waals surface area contributed by atoms with E-state index in [2.05, 4.69) is 0 Å². The number of hydrogen-bond donors (Lipinski definition) is 0. The van der Waals surface area contributed by atoms with Gasteiger partial charge in [0.1, 0.15) is 5.75 Å². The summed E-state index contributed by atoms with van der Waals surface area (Å²) in [6.07, 6.45) is 3.33. The molecule has 0 fully saturated rings. The smallest absolute Gasteiger partial charge is 0.343 e.